The number of halogens is 1. The van der Waals surface area contributed by atoms with Crippen molar-refractivity contribution in [2.24, 2.45) is 0 Å². The first-order valence-electron chi connectivity index (χ1n) is 8.79. The van der Waals surface area contributed by atoms with Crippen molar-refractivity contribution in [3.63, 3.8) is 0 Å². The number of hydrogen-bond acceptors (Lipinski definition) is 6. The minimum Gasteiger partial charge on any atom is -0.497 e. The number of ether oxygens (including phenoxy) is 2. The van der Waals surface area contributed by atoms with E-state index in [2.05, 4.69) is 0 Å². The fraction of sp³-hybridized carbons (Fsp3) is 0.0455. The van der Waals surface area contributed by atoms with E-state index in [4.69, 9.17) is 25.5 Å². The molecule has 1 aromatic heterocycles. The third-order valence-corrected chi connectivity index (χ3v) is 4.78. The van der Waals surface area contributed by atoms with E-state index >= 15 is 0 Å². The van der Waals surface area contributed by atoms with Crippen LogP contribution < -0.4 is 4.74 Å². The lowest BCUT2D eigenvalue weighted by Gasteiger charge is -2.03. The zero-order chi connectivity index (χ0) is 21.3. The van der Waals surface area contributed by atoms with Gasteiger partial charge in [0.05, 0.1) is 22.6 Å². The zero-order valence-corrected chi connectivity index (χ0v) is 16.4. The number of hydrogen-bond donors (Lipinski definition) is 0. The van der Waals surface area contributed by atoms with Crippen LogP contribution in [0.2, 0.25) is 5.02 Å². The number of carbonyl (C=O) groups is 1. The second kappa shape index (κ2) is 7.88. The van der Waals surface area contributed by atoms with E-state index in [0.717, 1.165) is 5.56 Å². The van der Waals surface area contributed by atoms with Crippen molar-refractivity contribution in [1.82, 2.24) is 0 Å². The summed E-state index contributed by atoms with van der Waals surface area (Å²) in [6.45, 7) is 0. The quantitative estimate of drug-likeness (QED) is 0.233. The summed E-state index contributed by atoms with van der Waals surface area (Å²) in [4.78, 5) is 22.7. The Morgan fingerprint density at radius 2 is 1.87 bits per heavy atom. The molecule has 0 aliphatic carbocycles. The lowest BCUT2D eigenvalue weighted by atomic mass is 10.1. The molecule has 0 radical (unpaired) electrons. The molecular formula is C22H14ClNO6. The van der Waals surface area contributed by atoms with Gasteiger partial charge in [0.25, 0.3) is 5.69 Å². The molecule has 0 bridgehead atoms. The van der Waals surface area contributed by atoms with E-state index in [9.17, 15) is 14.9 Å². The summed E-state index contributed by atoms with van der Waals surface area (Å²) in [6, 6.07) is 14.5. The predicted octanol–water partition coefficient (Wildman–Crippen LogP) is 5.50. The maximum absolute atomic E-state index is 12.2. The van der Waals surface area contributed by atoms with Crippen LogP contribution in [0, 0.1) is 10.1 Å². The van der Waals surface area contributed by atoms with Crippen LogP contribution in [0.1, 0.15) is 11.3 Å². The molecule has 0 fully saturated rings. The Kier molecular flexibility index (Phi) is 5.12. The van der Waals surface area contributed by atoms with Crippen molar-refractivity contribution in [2.45, 2.75) is 0 Å². The summed E-state index contributed by atoms with van der Waals surface area (Å²) in [7, 11) is 1.57. The number of non-ortho nitro benzene ring substituents is 1. The summed E-state index contributed by atoms with van der Waals surface area (Å²) in [5.41, 5.74) is 1.33. The number of nitrogens with zero attached hydrogens (tertiary/aromatic N) is 1. The Morgan fingerprint density at radius 1 is 1.10 bits per heavy atom. The Hall–Kier alpha value is -3.84. The number of benzene rings is 2. The molecule has 150 valence electrons. The number of rotatable bonds is 5. The third kappa shape index (κ3) is 3.83. The van der Waals surface area contributed by atoms with Gasteiger partial charge in [0.15, 0.2) is 0 Å². The van der Waals surface area contributed by atoms with Gasteiger partial charge in [0.1, 0.15) is 23.0 Å². The van der Waals surface area contributed by atoms with Gasteiger partial charge in [-0.15, -0.1) is 0 Å². The molecule has 2 aromatic carbocycles. The van der Waals surface area contributed by atoms with E-state index in [-0.39, 0.29) is 5.69 Å². The molecule has 8 heteroatoms. The van der Waals surface area contributed by atoms with E-state index in [1.807, 2.05) is 0 Å². The van der Waals surface area contributed by atoms with Gasteiger partial charge < -0.3 is 13.9 Å². The van der Waals surface area contributed by atoms with Crippen LogP contribution in [-0.2, 0) is 9.53 Å². The molecule has 0 N–H and O–H groups in total. The lowest BCUT2D eigenvalue weighted by Crippen LogP contribution is -1.97. The van der Waals surface area contributed by atoms with E-state index in [1.54, 1.807) is 49.6 Å². The first-order chi connectivity index (χ1) is 14.4. The number of esters is 1. The summed E-state index contributed by atoms with van der Waals surface area (Å²) >= 11 is 6.16. The molecule has 3 aromatic rings. The molecular weight excluding hydrogens is 410 g/mol. The average Bonchev–Trinajstić information content (AvgIpc) is 3.35. The standard InChI is InChI=1S/C22H14ClNO6/c1-28-16-5-2-13(3-6-16)21-11-14(22(25)30-21)10-17-7-9-20(29-17)18-12-15(24(26)27)4-8-19(18)23/h2-12H,1H3/b14-10+. The van der Waals surface area contributed by atoms with Crippen LogP contribution in [0.25, 0.3) is 23.2 Å². The zero-order valence-electron chi connectivity index (χ0n) is 15.6. The third-order valence-electron chi connectivity index (χ3n) is 4.45. The van der Waals surface area contributed by atoms with Gasteiger partial charge in [-0.1, -0.05) is 11.6 Å². The molecule has 0 spiro atoms. The average molecular weight is 424 g/mol. The van der Waals surface area contributed by atoms with Crippen LogP contribution in [0.5, 0.6) is 5.75 Å². The van der Waals surface area contributed by atoms with Crippen molar-refractivity contribution in [1.29, 1.82) is 0 Å². The van der Waals surface area contributed by atoms with Gasteiger partial charge in [-0.25, -0.2) is 4.79 Å². The maximum Gasteiger partial charge on any atom is 0.343 e. The van der Waals surface area contributed by atoms with Gasteiger partial charge in [0, 0.05) is 23.3 Å². The Labute approximate surface area is 175 Å². The minimum atomic E-state index is -0.508. The molecule has 0 saturated heterocycles. The number of cyclic esters (lactones) is 1. The Bertz CT molecular complexity index is 1210. The highest BCUT2D eigenvalue weighted by Gasteiger charge is 2.23. The van der Waals surface area contributed by atoms with Crippen LogP contribution in [0.4, 0.5) is 5.69 Å². The number of furan rings is 1. The number of methoxy groups -OCH3 is 1. The fourth-order valence-corrected chi connectivity index (χ4v) is 3.14. The van der Waals surface area contributed by atoms with Gasteiger partial charge in [-0.05, 0) is 54.6 Å². The monoisotopic (exact) mass is 423 g/mol. The first-order valence-corrected chi connectivity index (χ1v) is 9.16. The highest BCUT2D eigenvalue weighted by atomic mass is 35.5. The number of nitro benzene ring substituents is 1. The number of nitro groups is 1. The van der Waals surface area contributed by atoms with Gasteiger partial charge >= 0.3 is 5.97 Å². The van der Waals surface area contributed by atoms with E-state index in [1.165, 1.54) is 24.3 Å². The van der Waals surface area contributed by atoms with Gasteiger partial charge in [-0.3, -0.25) is 10.1 Å². The minimum absolute atomic E-state index is 0.0999. The van der Waals surface area contributed by atoms with Crippen LogP contribution in [0.3, 0.4) is 0 Å². The van der Waals surface area contributed by atoms with Gasteiger partial charge in [0.2, 0.25) is 0 Å². The highest BCUT2D eigenvalue weighted by molar-refractivity contribution is 6.33. The van der Waals surface area contributed by atoms with E-state index in [0.29, 0.717) is 39.2 Å². The van der Waals surface area contributed by atoms with Crippen LogP contribution in [0.15, 0.2) is 70.7 Å². The SMILES string of the molecule is COc1ccc(C2=C/C(=C\c3ccc(-c4cc([N+](=O)[O-])ccc4Cl)o3)C(=O)O2)cc1. The Morgan fingerprint density at radius 3 is 2.57 bits per heavy atom. The molecule has 0 unspecified atom stereocenters. The van der Waals surface area contributed by atoms with Gasteiger partial charge in [-0.2, -0.15) is 0 Å². The lowest BCUT2D eigenvalue weighted by molar-refractivity contribution is -0.384. The molecule has 2 heterocycles. The van der Waals surface area contributed by atoms with Crippen molar-refractivity contribution < 1.29 is 23.6 Å². The molecule has 30 heavy (non-hydrogen) atoms. The molecule has 1 aliphatic rings. The highest BCUT2D eigenvalue weighted by Crippen LogP contribution is 2.34. The molecule has 0 saturated carbocycles. The van der Waals surface area contributed by atoms with E-state index < -0.39 is 10.9 Å². The summed E-state index contributed by atoms with van der Waals surface area (Å²) in [6.07, 6.45) is 3.15. The molecule has 0 amide bonds. The fourth-order valence-electron chi connectivity index (χ4n) is 2.93. The first kappa shape index (κ1) is 19.5. The largest absolute Gasteiger partial charge is 0.497 e. The van der Waals surface area contributed by atoms with Crippen LogP contribution >= 0.6 is 11.6 Å². The van der Waals surface area contributed by atoms with Crippen molar-refractivity contribution in [3.8, 4) is 17.1 Å². The normalized spacial score (nSPS) is 14.5. The summed E-state index contributed by atoms with van der Waals surface area (Å²) < 4.78 is 16.2. The molecule has 1 aliphatic heterocycles. The van der Waals surface area contributed by atoms with Crippen molar-refractivity contribution >= 4 is 35.1 Å². The summed E-state index contributed by atoms with van der Waals surface area (Å²) in [5, 5.41) is 11.3. The van der Waals surface area contributed by atoms with Crippen molar-refractivity contribution in [3.05, 3.63) is 92.7 Å². The molecule has 7 nitrogen and oxygen atoms in total. The second-order valence-corrected chi connectivity index (χ2v) is 6.76. The molecule has 0 atom stereocenters. The molecule has 4 rings (SSSR count). The maximum atomic E-state index is 12.2. The topological polar surface area (TPSA) is 91.8 Å². The summed E-state index contributed by atoms with van der Waals surface area (Å²) in [5.74, 6) is 1.34. The Balaban J connectivity index is 1.62. The predicted molar refractivity (Wildman–Crippen MR) is 111 cm³/mol. The smallest absolute Gasteiger partial charge is 0.343 e. The van der Waals surface area contributed by atoms with Crippen LogP contribution in [-0.4, -0.2) is 18.0 Å². The second-order valence-electron chi connectivity index (χ2n) is 6.35. The number of carbonyl (C=O) groups excluding carboxylic acids is 1. The van der Waals surface area contributed by atoms with Crippen molar-refractivity contribution in [2.75, 3.05) is 7.11 Å².